The number of amides is 1. The molecule has 3 N–H and O–H groups in total. The Balaban J connectivity index is 1.95. The lowest BCUT2D eigenvalue weighted by molar-refractivity contribution is 0.0944. The molecule has 0 unspecified atom stereocenters. The van der Waals surface area contributed by atoms with Crippen molar-refractivity contribution in [2.45, 2.75) is 6.54 Å². The van der Waals surface area contributed by atoms with Gasteiger partial charge in [0.15, 0.2) is 11.5 Å². The molecule has 2 heterocycles. The molecule has 3 aromatic rings. The van der Waals surface area contributed by atoms with Gasteiger partial charge in [-0.15, -0.1) is 0 Å². The summed E-state index contributed by atoms with van der Waals surface area (Å²) in [5.74, 6) is 4.80. The lowest BCUT2D eigenvalue weighted by atomic mass is 10.2. The van der Waals surface area contributed by atoms with Crippen LogP contribution in [0.3, 0.4) is 0 Å². The van der Waals surface area contributed by atoms with Crippen LogP contribution in [0.2, 0.25) is 0 Å². The van der Waals surface area contributed by atoms with Gasteiger partial charge >= 0.3 is 0 Å². The Morgan fingerprint density at radius 1 is 1.38 bits per heavy atom. The number of hydrazine groups is 1. The SMILES string of the molecule is NNC(=O)c1cc(Cn2cnc3ccccc3c2=O)on1. The first-order valence-electron chi connectivity index (χ1n) is 6.10. The highest BCUT2D eigenvalue weighted by Crippen LogP contribution is 2.08. The van der Waals surface area contributed by atoms with E-state index in [0.717, 1.165) is 0 Å². The smallest absolute Gasteiger partial charge is 0.287 e. The maximum atomic E-state index is 12.3. The summed E-state index contributed by atoms with van der Waals surface area (Å²) in [5.41, 5.74) is 2.43. The number of nitrogens with zero attached hydrogens (tertiary/aromatic N) is 3. The molecule has 0 aliphatic carbocycles. The van der Waals surface area contributed by atoms with Crippen LogP contribution in [0, 0.1) is 0 Å². The second-order valence-corrected chi connectivity index (χ2v) is 4.35. The van der Waals surface area contributed by atoms with Gasteiger partial charge in [0.2, 0.25) is 0 Å². The van der Waals surface area contributed by atoms with E-state index in [0.29, 0.717) is 16.7 Å². The molecule has 0 atom stereocenters. The summed E-state index contributed by atoms with van der Waals surface area (Å²) >= 11 is 0. The van der Waals surface area contributed by atoms with E-state index in [9.17, 15) is 9.59 Å². The Morgan fingerprint density at radius 3 is 3.00 bits per heavy atom. The summed E-state index contributed by atoms with van der Waals surface area (Å²) in [7, 11) is 0. The van der Waals surface area contributed by atoms with Gasteiger partial charge in [-0.05, 0) is 12.1 Å². The molecule has 0 aliphatic heterocycles. The molecule has 3 rings (SSSR count). The molecule has 8 heteroatoms. The maximum Gasteiger partial charge on any atom is 0.287 e. The number of aromatic nitrogens is 3. The predicted octanol–water partition coefficient (Wildman–Crippen LogP) is 0.0363. The largest absolute Gasteiger partial charge is 0.359 e. The quantitative estimate of drug-likeness (QED) is 0.398. The number of benzene rings is 1. The number of nitrogen functional groups attached to an aromatic ring is 1. The summed E-state index contributed by atoms with van der Waals surface area (Å²) in [4.78, 5) is 27.8. The summed E-state index contributed by atoms with van der Waals surface area (Å²) < 4.78 is 6.39. The van der Waals surface area contributed by atoms with Crippen molar-refractivity contribution in [3.05, 3.63) is 58.5 Å². The first kappa shape index (κ1) is 13.0. The van der Waals surface area contributed by atoms with Crippen molar-refractivity contribution in [1.82, 2.24) is 20.1 Å². The molecule has 2 aromatic heterocycles. The summed E-state index contributed by atoms with van der Waals surface area (Å²) in [6.45, 7) is 0.127. The minimum atomic E-state index is -0.561. The third-order valence-electron chi connectivity index (χ3n) is 2.98. The van der Waals surface area contributed by atoms with Crippen molar-refractivity contribution in [1.29, 1.82) is 0 Å². The van der Waals surface area contributed by atoms with E-state index >= 15 is 0 Å². The van der Waals surface area contributed by atoms with Crippen LogP contribution >= 0.6 is 0 Å². The molecule has 8 nitrogen and oxygen atoms in total. The van der Waals surface area contributed by atoms with Crippen LogP contribution in [0.4, 0.5) is 0 Å². The normalized spacial score (nSPS) is 10.7. The highest BCUT2D eigenvalue weighted by atomic mass is 16.5. The minimum Gasteiger partial charge on any atom is -0.359 e. The molecule has 1 amide bonds. The monoisotopic (exact) mass is 285 g/mol. The van der Waals surface area contributed by atoms with Gasteiger partial charge in [0, 0.05) is 6.07 Å². The fourth-order valence-electron chi connectivity index (χ4n) is 1.96. The minimum absolute atomic E-state index is 0.0503. The molecular formula is C13H11N5O3. The van der Waals surface area contributed by atoms with Crippen LogP contribution < -0.4 is 16.8 Å². The average molecular weight is 285 g/mol. The Morgan fingerprint density at radius 2 is 2.19 bits per heavy atom. The van der Waals surface area contributed by atoms with E-state index in [1.54, 1.807) is 18.2 Å². The molecule has 21 heavy (non-hydrogen) atoms. The highest BCUT2D eigenvalue weighted by molar-refractivity contribution is 5.91. The molecule has 0 saturated heterocycles. The van der Waals surface area contributed by atoms with E-state index in [-0.39, 0.29) is 17.8 Å². The van der Waals surface area contributed by atoms with E-state index in [1.807, 2.05) is 11.5 Å². The maximum absolute atomic E-state index is 12.3. The standard InChI is InChI=1S/C13H11N5O3/c14-16-12(19)11-5-8(21-17-11)6-18-7-15-10-4-2-1-3-9(10)13(18)20/h1-5,7H,6,14H2,(H,16,19). The Labute approximate surface area is 118 Å². The van der Waals surface area contributed by atoms with Gasteiger partial charge in [-0.25, -0.2) is 10.8 Å². The molecule has 0 saturated carbocycles. The third kappa shape index (κ3) is 2.39. The number of nitrogens with one attached hydrogen (secondary N) is 1. The Kier molecular flexibility index (Phi) is 3.20. The summed E-state index contributed by atoms with van der Waals surface area (Å²) in [5, 5.41) is 4.09. The third-order valence-corrected chi connectivity index (χ3v) is 2.98. The van der Waals surface area contributed by atoms with Crippen LogP contribution in [0.25, 0.3) is 10.9 Å². The zero-order valence-corrected chi connectivity index (χ0v) is 10.8. The zero-order valence-electron chi connectivity index (χ0n) is 10.8. The lowest BCUT2D eigenvalue weighted by Gasteiger charge is -2.03. The number of carbonyl (C=O) groups is 1. The molecule has 1 aromatic carbocycles. The van der Waals surface area contributed by atoms with Crippen LogP contribution in [0.1, 0.15) is 16.2 Å². The number of carbonyl (C=O) groups excluding carboxylic acids is 1. The molecule has 0 aliphatic rings. The van der Waals surface area contributed by atoms with Gasteiger partial charge in [-0.2, -0.15) is 0 Å². The van der Waals surface area contributed by atoms with E-state index in [1.165, 1.54) is 17.0 Å². The molecule has 0 fully saturated rings. The number of nitrogens with two attached hydrogens (primary N) is 1. The van der Waals surface area contributed by atoms with Crippen molar-refractivity contribution in [2.75, 3.05) is 0 Å². The highest BCUT2D eigenvalue weighted by Gasteiger charge is 2.12. The Bertz CT molecular complexity index is 867. The van der Waals surface area contributed by atoms with E-state index in [2.05, 4.69) is 10.1 Å². The van der Waals surface area contributed by atoms with Crippen molar-refractivity contribution in [2.24, 2.45) is 5.84 Å². The number of hydrogen-bond acceptors (Lipinski definition) is 6. The number of rotatable bonds is 3. The number of para-hydroxylation sites is 1. The van der Waals surface area contributed by atoms with E-state index < -0.39 is 5.91 Å². The fourth-order valence-corrected chi connectivity index (χ4v) is 1.96. The molecule has 106 valence electrons. The van der Waals surface area contributed by atoms with Gasteiger partial charge in [-0.1, -0.05) is 17.3 Å². The van der Waals surface area contributed by atoms with Crippen molar-refractivity contribution >= 4 is 16.8 Å². The second-order valence-electron chi connectivity index (χ2n) is 4.35. The lowest BCUT2D eigenvalue weighted by Crippen LogP contribution is -2.30. The number of hydrogen-bond donors (Lipinski definition) is 2. The molecule has 0 bridgehead atoms. The summed E-state index contributed by atoms with van der Waals surface area (Å²) in [6, 6.07) is 8.47. The Hall–Kier alpha value is -3.00. The first-order valence-corrected chi connectivity index (χ1v) is 6.10. The van der Waals surface area contributed by atoms with Gasteiger partial charge < -0.3 is 4.52 Å². The number of fused-ring (bicyclic) bond motifs is 1. The van der Waals surface area contributed by atoms with Crippen LogP contribution in [-0.4, -0.2) is 20.6 Å². The van der Waals surface area contributed by atoms with Crippen molar-refractivity contribution in [3.8, 4) is 0 Å². The van der Waals surface area contributed by atoms with Gasteiger partial charge in [-0.3, -0.25) is 19.6 Å². The fraction of sp³-hybridized carbons (Fsp3) is 0.0769. The molecule has 0 spiro atoms. The van der Waals surface area contributed by atoms with Crippen molar-refractivity contribution in [3.63, 3.8) is 0 Å². The molecular weight excluding hydrogens is 274 g/mol. The predicted molar refractivity (Wildman–Crippen MR) is 73.3 cm³/mol. The zero-order chi connectivity index (χ0) is 14.8. The van der Waals surface area contributed by atoms with E-state index in [4.69, 9.17) is 10.4 Å². The summed E-state index contributed by atoms with van der Waals surface area (Å²) in [6.07, 6.45) is 1.43. The molecule has 0 radical (unpaired) electrons. The van der Waals surface area contributed by atoms with Crippen LogP contribution in [0.15, 0.2) is 46.0 Å². The van der Waals surface area contributed by atoms with Gasteiger partial charge in [0.1, 0.15) is 0 Å². The topological polar surface area (TPSA) is 116 Å². The van der Waals surface area contributed by atoms with Gasteiger partial charge in [0.05, 0.1) is 23.8 Å². The van der Waals surface area contributed by atoms with Crippen molar-refractivity contribution < 1.29 is 9.32 Å². The van der Waals surface area contributed by atoms with Crippen LogP contribution in [0.5, 0.6) is 0 Å². The first-order chi connectivity index (χ1) is 10.2. The second kappa shape index (κ2) is 5.17. The van der Waals surface area contributed by atoms with Crippen LogP contribution in [-0.2, 0) is 6.54 Å². The van der Waals surface area contributed by atoms with Gasteiger partial charge in [0.25, 0.3) is 11.5 Å². The average Bonchev–Trinajstić information content (AvgIpc) is 2.98.